The van der Waals surface area contributed by atoms with E-state index >= 15 is 0 Å². The number of carbonyl (C=O) groups excluding carboxylic acids is 1. The van der Waals surface area contributed by atoms with Gasteiger partial charge in [0.2, 0.25) is 5.91 Å². The van der Waals surface area contributed by atoms with E-state index in [4.69, 9.17) is 0 Å². The van der Waals surface area contributed by atoms with Gasteiger partial charge >= 0.3 is 0 Å². The summed E-state index contributed by atoms with van der Waals surface area (Å²) in [7, 11) is 0. The standard InChI is InChI=1S/C18H26F2N2O/c1-3-4-12(2)9-18(23)22-17-11-21-8-7-14(17)13-5-6-15(19)16(20)10-13/h5-6,10,12,14,17,21H,3-4,7-9,11H2,1-2H3,(H,22,23). The molecule has 5 heteroatoms. The number of benzene rings is 1. The van der Waals surface area contributed by atoms with E-state index in [9.17, 15) is 13.6 Å². The Morgan fingerprint density at radius 2 is 2.17 bits per heavy atom. The predicted molar refractivity (Wildman–Crippen MR) is 87.2 cm³/mol. The molecule has 0 aromatic heterocycles. The van der Waals surface area contributed by atoms with Gasteiger partial charge in [-0.15, -0.1) is 0 Å². The van der Waals surface area contributed by atoms with Crippen LogP contribution < -0.4 is 10.6 Å². The first kappa shape index (κ1) is 17.9. The lowest BCUT2D eigenvalue weighted by Gasteiger charge is -2.33. The second-order valence-electron chi connectivity index (χ2n) is 6.54. The van der Waals surface area contributed by atoms with E-state index in [1.54, 1.807) is 6.07 Å². The van der Waals surface area contributed by atoms with Crippen molar-refractivity contribution in [2.24, 2.45) is 5.92 Å². The minimum Gasteiger partial charge on any atom is -0.351 e. The first-order chi connectivity index (χ1) is 11.0. The summed E-state index contributed by atoms with van der Waals surface area (Å²) in [6.07, 6.45) is 3.40. The van der Waals surface area contributed by atoms with Gasteiger partial charge in [0.15, 0.2) is 11.6 Å². The van der Waals surface area contributed by atoms with E-state index in [0.29, 0.717) is 18.9 Å². The molecule has 1 fully saturated rings. The molecule has 2 N–H and O–H groups in total. The largest absolute Gasteiger partial charge is 0.351 e. The molecule has 0 bridgehead atoms. The van der Waals surface area contributed by atoms with Crippen molar-refractivity contribution < 1.29 is 13.6 Å². The van der Waals surface area contributed by atoms with Crippen molar-refractivity contribution in [3.05, 3.63) is 35.4 Å². The van der Waals surface area contributed by atoms with E-state index < -0.39 is 11.6 Å². The van der Waals surface area contributed by atoms with Crippen molar-refractivity contribution in [2.45, 2.75) is 51.5 Å². The molecule has 1 amide bonds. The molecule has 3 nitrogen and oxygen atoms in total. The maximum Gasteiger partial charge on any atom is 0.220 e. The van der Waals surface area contributed by atoms with Crippen LogP contribution in [0, 0.1) is 17.6 Å². The lowest BCUT2D eigenvalue weighted by atomic mass is 9.85. The van der Waals surface area contributed by atoms with Gasteiger partial charge in [-0.2, -0.15) is 0 Å². The Morgan fingerprint density at radius 3 is 2.87 bits per heavy atom. The maximum absolute atomic E-state index is 13.5. The second-order valence-corrected chi connectivity index (χ2v) is 6.54. The Hall–Kier alpha value is -1.49. The summed E-state index contributed by atoms with van der Waals surface area (Å²) in [6, 6.07) is 3.95. The summed E-state index contributed by atoms with van der Waals surface area (Å²) in [5.41, 5.74) is 0.748. The molecule has 0 radical (unpaired) electrons. The Labute approximate surface area is 136 Å². The molecule has 23 heavy (non-hydrogen) atoms. The summed E-state index contributed by atoms with van der Waals surface area (Å²) in [5, 5.41) is 6.34. The van der Waals surface area contributed by atoms with Crippen molar-refractivity contribution in [1.29, 1.82) is 0 Å². The predicted octanol–water partition coefficient (Wildman–Crippen LogP) is 3.35. The average molecular weight is 324 g/mol. The first-order valence-electron chi connectivity index (χ1n) is 8.46. The van der Waals surface area contributed by atoms with Crippen LogP contribution in [-0.4, -0.2) is 25.0 Å². The molecular formula is C18H26F2N2O. The maximum atomic E-state index is 13.5. The topological polar surface area (TPSA) is 41.1 Å². The Balaban J connectivity index is 2.03. The summed E-state index contributed by atoms with van der Waals surface area (Å²) in [4.78, 5) is 12.2. The second kappa shape index (κ2) is 8.39. The Bertz CT molecular complexity index is 536. The van der Waals surface area contributed by atoms with Crippen LogP contribution in [0.3, 0.4) is 0 Å². The number of piperidine rings is 1. The molecule has 1 aliphatic rings. The van der Waals surface area contributed by atoms with Crippen molar-refractivity contribution in [1.82, 2.24) is 10.6 Å². The normalized spacial score (nSPS) is 22.6. The summed E-state index contributed by atoms with van der Waals surface area (Å²) in [5.74, 6) is -1.26. The number of halogens is 2. The zero-order valence-corrected chi connectivity index (χ0v) is 13.9. The molecule has 0 saturated carbocycles. The monoisotopic (exact) mass is 324 g/mol. The lowest BCUT2D eigenvalue weighted by Crippen LogP contribution is -2.50. The van der Waals surface area contributed by atoms with E-state index in [0.717, 1.165) is 37.4 Å². The molecule has 1 saturated heterocycles. The van der Waals surface area contributed by atoms with Crippen molar-refractivity contribution in [2.75, 3.05) is 13.1 Å². The molecular weight excluding hydrogens is 298 g/mol. The number of hydrogen-bond donors (Lipinski definition) is 2. The van der Waals surface area contributed by atoms with E-state index in [1.165, 1.54) is 6.07 Å². The van der Waals surface area contributed by atoms with E-state index in [-0.39, 0.29) is 17.9 Å². The van der Waals surface area contributed by atoms with E-state index in [1.807, 2.05) is 0 Å². The first-order valence-corrected chi connectivity index (χ1v) is 8.46. The molecule has 1 aliphatic heterocycles. The molecule has 2 rings (SSSR count). The summed E-state index contributed by atoms with van der Waals surface area (Å²) < 4.78 is 26.6. The van der Waals surface area contributed by atoms with Gasteiger partial charge in [0.1, 0.15) is 0 Å². The highest BCUT2D eigenvalue weighted by Gasteiger charge is 2.28. The number of amides is 1. The molecule has 0 aliphatic carbocycles. The van der Waals surface area contributed by atoms with Gasteiger partial charge in [0.05, 0.1) is 0 Å². The van der Waals surface area contributed by atoms with Gasteiger partial charge in [-0.1, -0.05) is 32.8 Å². The van der Waals surface area contributed by atoms with Gasteiger partial charge in [0, 0.05) is 24.9 Å². The van der Waals surface area contributed by atoms with Crippen LogP contribution in [0.2, 0.25) is 0 Å². The van der Waals surface area contributed by atoms with Crippen molar-refractivity contribution in [3.63, 3.8) is 0 Å². The number of hydrogen-bond acceptors (Lipinski definition) is 2. The van der Waals surface area contributed by atoms with Crippen LogP contribution in [0.25, 0.3) is 0 Å². The third-order valence-electron chi connectivity index (χ3n) is 4.52. The molecule has 1 heterocycles. The molecule has 3 atom stereocenters. The molecule has 1 aromatic carbocycles. The van der Waals surface area contributed by atoms with Crippen molar-refractivity contribution in [3.8, 4) is 0 Å². The highest BCUT2D eigenvalue weighted by Crippen LogP contribution is 2.27. The van der Waals surface area contributed by atoms with Crippen LogP contribution in [-0.2, 0) is 4.79 Å². The highest BCUT2D eigenvalue weighted by molar-refractivity contribution is 5.76. The molecule has 128 valence electrons. The minimum atomic E-state index is -0.836. The van der Waals surface area contributed by atoms with E-state index in [2.05, 4.69) is 24.5 Å². The van der Waals surface area contributed by atoms with Gasteiger partial charge < -0.3 is 10.6 Å². The zero-order valence-electron chi connectivity index (χ0n) is 13.9. The van der Waals surface area contributed by atoms with Gasteiger partial charge in [-0.05, 0) is 36.6 Å². The number of nitrogens with one attached hydrogen (secondary N) is 2. The zero-order chi connectivity index (χ0) is 16.8. The fourth-order valence-electron chi connectivity index (χ4n) is 3.33. The van der Waals surface area contributed by atoms with Crippen molar-refractivity contribution >= 4 is 5.91 Å². The van der Waals surface area contributed by atoms with Gasteiger partial charge in [-0.3, -0.25) is 4.79 Å². The lowest BCUT2D eigenvalue weighted by molar-refractivity contribution is -0.122. The fourth-order valence-corrected chi connectivity index (χ4v) is 3.33. The summed E-state index contributed by atoms with van der Waals surface area (Å²) >= 11 is 0. The number of carbonyl (C=O) groups is 1. The Morgan fingerprint density at radius 1 is 1.39 bits per heavy atom. The smallest absolute Gasteiger partial charge is 0.220 e. The highest BCUT2D eigenvalue weighted by atomic mass is 19.2. The molecule has 3 unspecified atom stereocenters. The average Bonchev–Trinajstić information content (AvgIpc) is 2.50. The van der Waals surface area contributed by atoms with Crippen LogP contribution in [0.15, 0.2) is 18.2 Å². The quantitative estimate of drug-likeness (QED) is 0.842. The minimum absolute atomic E-state index is 0.0109. The fraction of sp³-hybridized carbons (Fsp3) is 0.611. The van der Waals surface area contributed by atoms with Crippen LogP contribution in [0.4, 0.5) is 8.78 Å². The molecule has 0 spiro atoms. The Kier molecular flexibility index (Phi) is 6.51. The van der Waals surface area contributed by atoms with Gasteiger partial charge in [-0.25, -0.2) is 8.78 Å². The molecule has 1 aromatic rings. The van der Waals surface area contributed by atoms with Crippen LogP contribution in [0.5, 0.6) is 0 Å². The summed E-state index contributed by atoms with van der Waals surface area (Å²) in [6.45, 7) is 5.65. The third-order valence-corrected chi connectivity index (χ3v) is 4.52. The van der Waals surface area contributed by atoms with Crippen LogP contribution in [0.1, 0.15) is 51.0 Å². The van der Waals surface area contributed by atoms with Crippen LogP contribution >= 0.6 is 0 Å². The van der Waals surface area contributed by atoms with Gasteiger partial charge in [0.25, 0.3) is 0 Å². The SMILES string of the molecule is CCCC(C)CC(=O)NC1CNCCC1c1ccc(F)c(F)c1. The number of rotatable bonds is 6. The third kappa shape index (κ3) is 4.99.